The zero-order chi connectivity index (χ0) is 17.3. The van der Waals surface area contributed by atoms with Gasteiger partial charge in [-0.15, -0.1) is 13.2 Å². The van der Waals surface area contributed by atoms with Crippen LogP contribution >= 0.6 is 0 Å². The van der Waals surface area contributed by atoms with E-state index in [1.165, 1.54) is 25.3 Å². The fraction of sp³-hybridized carbons (Fsp3) is 0.188. The minimum absolute atomic E-state index is 0.225. The van der Waals surface area contributed by atoms with Crippen LogP contribution in [0.1, 0.15) is 0 Å². The van der Waals surface area contributed by atoms with Gasteiger partial charge < -0.3 is 14.3 Å². The zero-order valence-electron chi connectivity index (χ0n) is 12.8. The van der Waals surface area contributed by atoms with Gasteiger partial charge in [0.25, 0.3) is 0 Å². The second kappa shape index (κ2) is 6.04. The first-order valence-electron chi connectivity index (χ1n) is 6.92. The number of aromatic nitrogens is 1. The van der Waals surface area contributed by atoms with E-state index in [9.17, 15) is 13.2 Å². The first-order valence-corrected chi connectivity index (χ1v) is 6.92. The van der Waals surface area contributed by atoms with E-state index in [0.717, 1.165) is 5.39 Å². The van der Waals surface area contributed by atoms with E-state index in [2.05, 4.69) is 15.2 Å². The number of hydrogen-bond acceptors (Lipinski definition) is 5. The summed E-state index contributed by atoms with van der Waals surface area (Å²) in [4.78, 5) is 9.56. The number of fused-ring (bicyclic) bond motifs is 3. The highest BCUT2D eigenvalue weighted by Gasteiger charge is 2.31. The van der Waals surface area contributed by atoms with Gasteiger partial charge in [-0.3, -0.25) is 0 Å². The molecule has 1 heterocycles. The lowest BCUT2D eigenvalue weighted by Gasteiger charge is -2.13. The number of rotatable bonds is 4. The van der Waals surface area contributed by atoms with Crippen molar-refractivity contribution < 1.29 is 27.5 Å². The topological polar surface area (TPSA) is 52.6 Å². The lowest BCUT2D eigenvalue weighted by atomic mass is 10.1. The molecule has 8 heteroatoms. The van der Waals surface area contributed by atoms with Gasteiger partial charge in [0.05, 0.1) is 18.0 Å². The fourth-order valence-electron chi connectivity index (χ4n) is 2.44. The molecule has 24 heavy (non-hydrogen) atoms. The van der Waals surface area contributed by atoms with Gasteiger partial charge in [0, 0.05) is 18.5 Å². The van der Waals surface area contributed by atoms with Gasteiger partial charge in [-0.05, 0) is 35.7 Å². The highest BCUT2D eigenvalue weighted by molar-refractivity contribution is 6.08. The van der Waals surface area contributed by atoms with Crippen molar-refractivity contribution in [1.82, 2.24) is 10.5 Å². The van der Waals surface area contributed by atoms with Crippen molar-refractivity contribution in [2.24, 2.45) is 0 Å². The summed E-state index contributed by atoms with van der Waals surface area (Å²) < 4.78 is 46.3. The summed E-state index contributed by atoms with van der Waals surface area (Å²) in [5.74, 6) is 0.496. The van der Waals surface area contributed by atoms with Crippen LogP contribution in [0, 0.1) is 0 Å². The van der Waals surface area contributed by atoms with E-state index in [4.69, 9.17) is 9.57 Å². The molecule has 0 fully saturated rings. The number of ether oxygens (including phenoxy) is 2. The molecule has 0 radical (unpaired) electrons. The van der Waals surface area contributed by atoms with Gasteiger partial charge >= 0.3 is 6.36 Å². The van der Waals surface area contributed by atoms with Gasteiger partial charge in [-0.1, -0.05) is 0 Å². The molecule has 0 aliphatic rings. The number of alkyl halides is 3. The summed E-state index contributed by atoms with van der Waals surface area (Å²) >= 11 is 0. The predicted molar refractivity (Wildman–Crippen MR) is 82.2 cm³/mol. The third-order valence-corrected chi connectivity index (χ3v) is 3.37. The molecule has 0 bridgehead atoms. The van der Waals surface area contributed by atoms with E-state index in [1.54, 1.807) is 25.2 Å². The molecule has 126 valence electrons. The largest absolute Gasteiger partial charge is 0.573 e. The predicted octanol–water partition coefficient (Wildman–Crippen LogP) is 3.81. The van der Waals surface area contributed by atoms with E-state index in [-0.39, 0.29) is 11.6 Å². The zero-order valence-corrected chi connectivity index (χ0v) is 12.8. The monoisotopic (exact) mass is 338 g/mol. The second-order valence-electron chi connectivity index (χ2n) is 4.86. The molecule has 1 N–H and O–H groups in total. The van der Waals surface area contributed by atoms with Crippen LogP contribution in [0.4, 0.5) is 13.2 Å². The molecular weight excluding hydrogens is 325 g/mol. The Bertz CT molecular complexity index is 897. The maximum Gasteiger partial charge on any atom is 0.573 e. The molecule has 0 spiro atoms. The third kappa shape index (κ3) is 3.13. The molecule has 2 aromatic carbocycles. The Labute approximate surface area is 134 Å². The van der Waals surface area contributed by atoms with Crippen LogP contribution in [0.25, 0.3) is 21.7 Å². The third-order valence-electron chi connectivity index (χ3n) is 3.37. The Morgan fingerprint density at radius 2 is 1.67 bits per heavy atom. The van der Waals surface area contributed by atoms with Crippen LogP contribution in [-0.2, 0) is 0 Å². The average Bonchev–Trinajstić information content (AvgIpc) is 2.53. The summed E-state index contributed by atoms with van der Waals surface area (Å²) in [5.41, 5.74) is 2.84. The molecule has 0 amide bonds. The van der Waals surface area contributed by atoms with Crippen molar-refractivity contribution in [1.29, 1.82) is 0 Å². The van der Waals surface area contributed by atoms with Crippen molar-refractivity contribution >= 4 is 21.7 Å². The number of nitrogens with zero attached hydrogens (tertiary/aromatic N) is 1. The number of benzene rings is 2. The summed E-state index contributed by atoms with van der Waals surface area (Å²) in [7, 11) is 3.09. The average molecular weight is 338 g/mol. The first-order chi connectivity index (χ1) is 11.4. The summed E-state index contributed by atoms with van der Waals surface area (Å²) in [6.45, 7) is 0. The maximum absolute atomic E-state index is 12.4. The van der Waals surface area contributed by atoms with Crippen molar-refractivity contribution in [3.05, 3.63) is 36.4 Å². The normalized spacial score (nSPS) is 11.7. The molecule has 3 aromatic rings. The molecular formula is C16H13F3N2O3. The van der Waals surface area contributed by atoms with Gasteiger partial charge in [0.1, 0.15) is 11.5 Å². The van der Waals surface area contributed by atoms with Crippen LogP contribution in [-0.4, -0.2) is 25.5 Å². The minimum atomic E-state index is -4.76. The second-order valence-corrected chi connectivity index (χ2v) is 4.86. The smallest absolute Gasteiger partial charge is 0.497 e. The van der Waals surface area contributed by atoms with Crippen molar-refractivity contribution in [3.63, 3.8) is 0 Å². The standard InChI is InChI=1S/C16H13F3N2O3/c1-20-24-15-13-7-9(22-2)3-5-11(13)12-6-4-10(8-14(12)21-15)23-16(17,18)19/h3-8,20H,1-2H3. The molecule has 0 saturated heterocycles. The van der Waals surface area contributed by atoms with E-state index in [0.29, 0.717) is 22.0 Å². The van der Waals surface area contributed by atoms with Crippen LogP contribution in [0.2, 0.25) is 0 Å². The van der Waals surface area contributed by atoms with E-state index >= 15 is 0 Å². The number of nitrogens with one attached hydrogen (secondary N) is 1. The summed E-state index contributed by atoms with van der Waals surface area (Å²) in [5, 5.41) is 2.11. The molecule has 0 aliphatic carbocycles. The Hall–Kier alpha value is -2.74. The van der Waals surface area contributed by atoms with Gasteiger partial charge in [0.15, 0.2) is 0 Å². The Kier molecular flexibility index (Phi) is 4.06. The van der Waals surface area contributed by atoms with Crippen LogP contribution in [0.3, 0.4) is 0 Å². The Morgan fingerprint density at radius 3 is 2.33 bits per heavy atom. The van der Waals surface area contributed by atoms with Crippen molar-refractivity contribution in [2.45, 2.75) is 6.36 Å². The summed E-state index contributed by atoms with van der Waals surface area (Å²) in [6.07, 6.45) is -4.76. The SMILES string of the molecule is CNOc1nc2cc(OC(F)(F)F)ccc2c2ccc(OC)cc12. The highest BCUT2D eigenvalue weighted by atomic mass is 19.4. The number of halogens is 3. The Balaban J connectivity index is 2.23. The number of methoxy groups -OCH3 is 1. The van der Waals surface area contributed by atoms with Crippen molar-refractivity contribution in [3.8, 4) is 17.4 Å². The molecule has 0 unspecified atom stereocenters. The minimum Gasteiger partial charge on any atom is -0.497 e. The van der Waals surface area contributed by atoms with E-state index in [1.807, 2.05) is 0 Å². The Morgan fingerprint density at radius 1 is 0.958 bits per heavy atom. The lowest BCUT2D eigenvalue weighted by Crippen LogP contribution is -2.17. The molecule has 3 rings (SSSR count). The van der Waals surface area contributed by atoms with Crippen LogP contribution < -0.4 is 19.8 Å². The quantitative estimate of drug-likeness (QED) is 0.579. The van der Waals surface area contributed by atoms with Gasteiger partial charge in [0.2, 0.25) is 5.88 Å². The lowest BCUT2D eigenvalue weighted by molar-refractivity contribution is -0.274. The van der Waals surface area contributed by atoms with Crippen molar-refractivity contribution in [2.75, 3.05) is 14.2 Å². The molecule has 1 aromatic heterocycles. The molecule has 0 saturated carbocycles. The molecule has 0 atom stereocenters. The fourth-order valence-corrected chi connectivity index (χ4v) is 2.44. The van der Waals surface area contributed by atoms with Crippen LogP contribution in [0.15, 0.2) is 36.4 Å². The molecule has 0 aliphatic heterocycles. The van der Waals surface area contributed by atoms with Gasteiger partial charge in [-0.2, -0.15) is 5.48 Å². The first kappa shape index (κ1) is 16.1. The van der Waals surface area contributed by atoms with Gasteiger partial charge in [-0.25, -0.2) is 4.98 Å². The number of pyridine rings is 1. The maximum atomic E-state index is 12.4. The highest BCUT2D eigenvalue weighted by Crippen LogP contribution is 2.35. The number of hydroxylamine groups is 1. The molecule has 5 nitrogen and oxygen atoms in total. The van der Waals surface area contributed by atoms with E-state index < -0.39 is 6.36 Å². The number of hydrogen-bond donors (Lipinski definition) is 1. The summed E-state index contributed by atoms with van der Waals surface area (Å²) in [6, 6.07) is 9.29. The van der Waals surface area contributed by atoms with Crippen LogP contribution in [0.5, 0.6) is 17.4 Å².